The Morgan fingerprint density at radius 2 is 2.29 bits per heavy atom. The van der Waals surface area contributed by atoms with Crippen LogP contribution in [0, 0.1) is 0 Å². The van der Waals surface area contributed by atoms with E-state index in [1.807, 2.05) is 19.2 Å². The molecule has 0 saturated heterocycles. The standard InChI is InChI=1S/C15H16N4O4S/c1-9(2)13-17-11(23-18-13)7-22-12(20)3-5-19-8-16-14-10(15(19)21)4-6-24-14/h4,6,8-9H,3,5,7H2,1-2H3. The largest absolute Gasteiger partial charge is 0.456 e. The van der Waals surface area contributed by atoms with E-state index in [9.17, 15) is 9.59 Å². The van der Waals surface area contributed by atoms with Crippen LogP contribution in [-0.4, -0.2) is 25.7 Å². The monoisotopic (exact) mass is 348 g/mol. The number of fused-ring (bicyclic) bond motifs is 1. The van der Waals surface area contributed by atoms with Crippen molar-refractivity contribution in [2.75, 3.05) is 0 Å². The lowest BCUT2D eigenvalue weighted by molar-refractivity contribution is -0.146. The van der Waals surface area contributed by atoms with Gasteiger partial charge in [-0.05, 0) is 11.4 Å². The van der Waals surface area contributed by atoms with E-state index in [2.05, 4.69) is 15.1 Å². The predicted molar refractivity (Wildman–Crippen MR) is 86.7 cm³/mol. The van der Waals surface area contributed by atoms with Gasteiger partial charge < -0.3 is 9.26 Å². The fraction of sp³-hybridized carbons (Fsp3) is 0.400. The van der Waals surface area contributed by atoms with Gasteiger partial charge in [0.15, 0.2) is 12.4 Å². The first-order chi connectivity index (χ1) is 11.5. The molecule has 0 radical (unpaired) electrons. The lowest BCUT2D eigenvalue weighted by Gasteiger charge is -2.05. The Hall–Kier alpha value is -2.55. The van der Waals surface area contributed by atoms with Crippen molar-refractivity contribution in [1.29, 1.82) is 0 Å². The third-order valence-electron chi connectivity index (χ3n) is 3.36. The Kier molecular flexibility index (Phi) is 4.70. The molecule has 24 heavy (non-hydrogen) atoms. The molecule has 0 aromatic carbocycles. The van der Waals surface area contributed by atoms with Crippen LogP contribution in [0.2, 0.25) is 0 Å². The Balaban J connectivity index is 1.54. The van der Waals surface area contributed by atoms with Crippen LogP contribution in [0.25, 0.3) is 10.2 Å². The normalized spacial score (nSPS) is 11.3. The average Bonchev–Trinajstić information content (AvgIpc) is 3.21. The molecule has 3 aromatic heterocycles. The molecule has 0 atom stereocenters. The van der Waals surface area contributed by atoms with Crippen LogP contribution in [0.4, 0.5) is 0 Å². The summed E-state index contributed by atoms with van der Waals surface area (Å²) in [4.78, 5) is 33.0. The van der Waals surface area contributed by atoms with Crippen LogP contribution in [-0.2, 0) is 22.7 Å². The topological polar surface area (TPSA) is 100 Å². The van der Waals surface area contributed by atoms with Crippen molar-refractivity contribution in [3.05, 3.63) is 39.8 Å². The number of carbonyl (C=O) groups is 1. The molecule has 0 aliphatic heterocycles. The van der Waals surface area contributed by atoms with E-state index in [1.54, 1.807) is 6.07 Å². The van der Waals surface area contributed by atoms with Gasteiger partial charge in [-0.3, -0.25) is 14.2 Å². The summed E-state index contributed by atoms with van der Waals surface area (Å²) in [5.74, 6) is 0.523. The number of aromatic nitrogens is 4. The molecule has 0 aliphatic carbocycles. The van der Waals surface area contributed by atoms with Crippen molar-refractivity contribution in [2.24, 2.45) is 0 Å². The molecule has 3 heterocycles. The van der Waals surface area contributed by atoms with Crippen molar-refractivity contribution >= 4 is 27.5 Å². The Morgan fingerprint density at radius 3 is 3.04 bits per heavy atom. The number of carbonyl (C=O) groups excluding carboxylic acids is 1. The quantitative estimate of drug-likeness (QED) is 0.629. The molecular formula is C15H16N4O4S. The van der Waals surface area contributed by atoms with Crippen molar-refractivity contribution in [2.45, 2.75) is 39.3 Å². The van der Waals surface area contributed by atoms with E-state index >= 15 is 0 Å². The zero-order valence-corrected chi connectivity index (χ0v) is 14.1. The maximum absolute atomic E-state index is 12.2. The molecule has 8 nitrogen and oxygen atoms in total. The van der Waals surface area contributed by atoms with E-state index in [1.165, 1.54) is 22.2 Å². The van der Waals surface area contributed by atoms with Gasteiger partial charge >= 0.3 is 5.97 Å². The molecule has 0 amide bonds. The summed E-state index contributed by atoms with van der Waals surface area (Å²) in [5, 5.41) is 6.16. The van der Waals surface area contributed by atoms with Crippen molar-refractivity contribution in [3.63, 3.8) is 0 Å². The van der Waals surface area contributed by atoms with E-state index in [0.717, 1.165) is 0 Å². The highest BCUT2D eigenvalue weighted by Crippen LogP contribution is 2.13. The lowest BCUT2D eigenvalue weighted by atomic mass is 10.2. The zero-order valence-electron chi connectivity index (χ0n) is 13.3. The van der Waals surface area contributed by atoms with E-state index < -0.39 is 5.97 Å². The highest BCUT2D eigenvalue weighted by atomic mass is 32.1. The maximum Gasteiger partial charge on any atom is 0.308 e. The second-order valence-corrected chi connectivity index (χ2v) is 6.39. The van der Waals surface area contributed by atoms with Crippen LogP contribution in [0.5, 0.6) is 0 Å². The first kappa shape index (κ1) is 16.3. The van der Waals surface area contributed by atoms with Gasteiger partial charge in [0.25, 0.3) is 11.4 Å². The lowest BCUT2D eigenvalue weighted by Crippen LogP contribution is -2.21. The van der Waals surface area contributed by atoms with Gasteiger partial charge in [-0.15, -0.1) is 11.3 Å². The summed E-state index contributed by atoms with van der Waals surface area (Å²) in [6.45, 7) is 4.01. The Morgan fingerprint density at radius 1 is 1.46 bits per heavy atom. The maximum atomic E-state index is 12.2. The molecule has 0 unspecified atom stereocenters. The predicted octanol–water partition coefficient (Wildman–Crippen LogP) is 2.10. The Bertz CT molecular complexity index is 911. The molecule has 0 fully saturated rings. The summed E-state index contributed by atoms with van der Waals surface area (Å²) in [6.07, 6.45) is 1.50. The van der Waals surface area contributed by atoms with Gasteiger partial charge in [0, 0.05) is 12.5 Å². The summed E-state index contributed by atoms with van der Waals surface area (Å²) in [7, 11) is 0. The first-order valence-electron chi connectivity index (χ1n) is 7.45. The van der Waals surface area contributed by atoms with Gasteiger partial charge in [-0.2, -0.15) is 4.98 Å². The van der Waals surface area contributed by atoms with Gasteiger partial charge in [0.1, 0.15) is 4.83 Å². The molecule has 0 N–H and O–H groups in total. The SMILES string of the molecule is CC(C)c1noc(COC(=O)CCn2cnc3sccc3c2=O)n1. The van der Waals surface area contributed by atoms with Crippen molar-refractivity contribution in [1.82, 2.24) is 19.7 Å². The number of aryl methyl sites for hydroxylation is 1. The molecule has 0 aliphatic rings. The smallest absolute Gasteiger partial charge is 0.308 e. The highest BCUT2D eigenvalue weighted by Gasteiger charge is 2.12. The number of rotatable bonds is 6. The fourth-order valence-electron chi connectivity index (χ4n) is 2.04. The number of thiophene rings is 1. The molecule has 3 rings (SSSR count). The highest BCUT2D eigenvalue weighted by molar-refractivity contribution is 7.16. The fourth-order valence-corrected chi connectivity index (χ4v) is 2.76. The zero-order chi connectivity index (χ0) is 17.1. The second-order valence-electron chi connectivity index (χ2n) is 5.49. The molecule has 9 heteroatoms. The summed E-state index contributed by atoms with van der Waals surface area (Å²) < 4.78 is 11.5. The minimum atomic E-state index is -0.448. The van der Waals surface area contributed by atoms with Gasteiger partial charge in [0.2, 0.25) is 0 Å². The summed E-state index contributed by atoms with van der Waals surface area (Å²) in [5.41, 5.74) is -0.160. The van der Waals surface area contributed by atoms with Crippen molar-refractivity contribution < 1.29 is 14.1 Å². The minimum absolute atomic E-state index is 0.0579. The number of hydrogen-bond acceptors (Lipinski definition) is 8. The third kappa shape index (κ3) is 3.51. The molecule has 126 valence electrons. The number of esters is 1. The molecule has 0 saturated carbocycles. The van der Waals surface area contributed by atoms with E-state index in [0.29, 0.717) is 16.0 Å². The molecule has 0 bridgehead atoms. The van der Waals surface area contributed by atoms with Crippen LogP contribution >= 0.6 is 11.3 Å². The van der Waals surface area contributed by atoms with E-state index in [4.69, 9.17) is 9.26 Å². The van der Waals surface area contributed by atoms with Crippen LogP contribution in [0.15, 0.2) is 27.1 Å². The third-order valence-corrected chi connectivity index (χ3v) is 4.18. The number of ether oxygens (including phenoxy) is 1. The summed E-state index contributed by atoms with van der Waals surface area (Å²) >= 11 is 1.40. The van der Waals surface area contributed by atoms with Crippen LogP contribution < -0.4 is 5.56 Å². The summed E-state index contributed by atoms with van der Waals surface area (Å²) in [6, 6.07) is 1.73. The van der Waals surface area contributed by atoms with Crippen molar-refractivity contribution in [3.8, 4) is 0 Å². The van der Waals surface area contributed by atoms with Crippen LogP contribution in [0.3, 0.4) is 0 Å². The second kappa shape index (κ2) is 6.91. The number of nitrogens with zero attached hydrogens (tertiary/aromatic N) is 4. The minimum Gasteiger partial charge on any atom is -0.456 e. The number of hydrogen-bond donors (Lipinski definition) is 0. The van der Waals surface area contributed by atoms with E-state index in [-0.39, 0.29) is 36.9 Å². The average molecular weight is 348 g/mol. The molecule has 0 spiro atoms. The first-order valence-corrected chi connectivity index (χ1v) is 8.33. The molecular weight excluding hydrogens is 332 g/mol. The van der Waals surface area contributed by atoms with Gasteiger partial charge in [-0.1, -0.05) is 19.0 Å². The Labute approximate surface area is 141 Å². The van der Waals surface area contributed by atoms with Gasteiger partial charge in [0.05, 0.1) is 18.1 Å². The molecule has 3 aromatic rings. The van der Waals surface area contributed by atoms with Crippen LogP contribution in [0.1, 0.15) is 37.9 Å². The van der Waals surface area contributed by atoms with Gasteiger partial charge in [-0.25, -0.2) is 4.98 Å².